The maximum absolute atomic E-state index is 12.5. The van der Waals surface area contributed by atoms with E-state index in [0.717, 1.165) is 25.0 Å². The van der Waals surface area contributed by atoms with E-state index in [2.05, 4.69) is 32.9 Å². The number of hydrogen-bond donors (Lipinski definition) is 0. The Bertz CT molecular complexity index is 719. The molecule has 158 valence electrons. The van der Waals surface area contributed by atoms with Crippen molar-refractivity contribution in [1.82, 2.24) is 0 Å². The Morgan fingerprint density at radius 3 is 2.10 bits per heavy atom. The third-order valence-corrected chi connectivity index (χ3v) is 5.42. The summed E-state index contributed by atoms with van der Waals surface area (Å²) >= 11 is 0. The highest BCUT2D eigenvalue weighted by Crippen LogP contribution is 2.26. The maximum Gasteiger partial charge on any atom is 0.343 e. The Kier molecular flexibility index (Phi) is 9.93. The van der Waals surface area contributed by atoms with Crippen molar-refractivity contribution in [2.75, 3.05) is 6.61 Å². The van der Waals surface area contributed by atoms with Crippen molar-refractivity contribution in [3.05, 3.63) is 65.2 Å². The van der Waals surface area contributed by atoms with Gasteiger partial charge in [-0.25, -0.2) is 4.79 Å². The van der Waals surface area contributed by atoms with Crippen molar-refractivity contribution in [2.45, 2.75) is 78.2 Å². The van der Waals surface area contributed by atoms with Gasteiger partial charge in [0.1, 0.15) is 5.75 Å². The molecule has 2 aromatic carbocycles. The second-order valence-electron chi connectivity index (χ2n) is 7.69. The van der Waals surface area contributed by atoms with Gasteiger partial charge in [-0.3, -0.25) is 0 Å². The summed E-state index contributed by atoms with van der Waals surface area (Å²) in [4.78, 5) is 12.5. The second-order valence-corrected chi connectivity index (χ2v) is 7.69. The zero-order chi connectivity index (χ0) is 21.1. The van der Waals surface area contributed by atoms with Gasteiger partial charge in [0.05, 0.1) is 11.7 Å². The van der Waals surface area contributed by atoms with Gasteiger partial charge in [0.25, 0.3) is 0 Å². The topological polar surface area (TPSA) is 35.5 Å². The zero-order valence-corrected chi connectivity index (χ0v) is 18.4. The third-order valence-electron chi connectivity index (χ3n) is 5.42. The van der Waals surface area contributed by atoms with Crippen molar-refractivity contribution in [3.63, 3.8) is 0 Å². The molecule has 2 atom stereocenters. The first-order chi connectivity index (χ1) is 14.1. The Morgan fingerprint density at radius 1 is 0.862 bits per heavy atom. The van der Waals surface area contributed by atoms with Crippen LogP contribution in [0.5, 0.6) is 5.75 Å². The highest BCUT2D eigenvalue weighted by molar-refractivity contribution is 5.91. The van der Waals surface area contributed by atoms with Crippen LogP contribution in [0, 0.1) is 0 Å². The Morgan fingerprint density at radius 2 is 1.52 bits per heavy atom. The number of unbranched alkanes of at least 4 members (excludes halogenated alkanes) is 2. The summed E-state index contributed by atoms with van der Waals surface area (Å²) < 4.78 is 11.4. The SMILES string of the molecule is CCCCCOC(C)c1ccc(C(=O)Oc2ccc(C(CC)CCC)cc2)cc1. The van der Waals surface area contributed by atoms with Gasteiger partial charge in [0.15, 0.2) is 0 Å². The highest BCUT2D eigenvalue weighted by atomic mass is 16.5. The maximum atomic E-state index is 12.5. The van der Waals surface area contributed by atoms with Gasteiger partial charge in [-0.2, -0.15) is 0 Å². The van der Waals surface area contributed by atoms with Gasteiger partial charge < -0.3 is 9.47 Å². The molecule has 3 heteroatoms. The molecular weight excluding hydrogens is 360 g/mol. The first-order valence-corrected chi connectivity index (χ1v) is 11.1. The van der Waals surface area contributed by atoms with E-state index in [4.69, 9.17) is 9.47 Å². The molecule has 2 unspecified atom stereocenters. The number of rotatable bonds is 12. The van der Waals surface area contributed by atoms with E-state index < -0.39 is 0 Å². The van der Waals surface area contributed by atoms with Gasteiger partial charge in [-0.05, 0) is 67.5 Å². The first kappa shape index (κ1) is 23.2. The van der Waals surface area contributed by atoms with E-state index >= 15 is 0 Å². The zero-order valence-electron chi connectivity index (χ0n) is 18.4. The highest BCUT2D eigenvalue weighted by Gasteiger charge is 2.12. The van der Waals surface area contributed by atoms with Crippen LogP contribution in [0.2, 0.25) is 0 Å². The number of hydrogen-bond acceptors (Lipinski definition) is 3. The molecule has 0 aliphatic heterocycles. The molecule has 0 bridgehead atoms. The van der Waals surface area contributed by atoms with Crippen LogP contribution in [0.15, 0.2) is 48.5 Å². The predicted octanol–water partition coefficient (Wildman–Crippen LogP) is 7.47. The predicted molar refractivity (Wildman–Crippen MR) is 120 cm³/mol. The van der Waals surface area contributed by atoms with Gasteiger partial charge >= 0.3 is 5.97 Å². The standard InChI is InChI=1S/C26H36O3/c1-5-8-9-19-28-20(4)22-11-13-24(14-12-22)26(27)29-25-17-15-23(16-18-25)21(7-3)10-6-2/h11-18,20-21H,5-10,19H2,1-4H3. The van der Waals surface area contributed by atoms with E-state index in [9.17, 15) is 4.79 Å². The molecule has 29 heavy (non-hydrogen) atoms. The first-order valence-electron chi connectivity index (χ1n) is 11.1. The van der Waals surface area contributed by atoms with Crippen molar-refractivity contribution in [2.24, 2.45) is 0 Å². The summed E-state index contributed by atoms with van der Waals surface area (Å²) in [6.07, 6.45) is 6.97. The quantitative estimate of drug-likeness (QED) is 0.212. The summed E-state index contributed by atoms with van der Waals surface area (Å²) in [6.45, 7) is 9.43. The molecule has 0 saturated heterocycles. The van der Waals surface area contributed by atoms with Crippen LogP contribution in [0.3, 0.4) is 0 Å². The minimum absolute atomic E-state index is 0.0269. The van der Waals surface area contributed by atoms with Gasteiger partial charge in [0.2, 0.25) is 0 Å². The van der Waals surface area contributed by atoms with Gasteiger partial charge in [-0.1, -0.05) is 64.3 Å². The van der Waals surface area contributed by atoms with Crippen molar-refractivity contribution < 1.29 is 14.3 Å². The Hall–Kier alpha value is -2.13. The molecule has 0 spiro atoms. The smallest absolute Gasteiger partial charge is 0.343 e. The fourth-order valence-electron chi connectivity index (χ4n) is 3.53. The summed E-state index contributed by atoms with van der Waals surface area (Å²) in [5.74, 6) is 0.826. The molecule has 0 aliphatic carbocycles. The second kappa shape index (κ2) is 12.4. The molecule has 2 aromatic rings. The number of ether oxygens (including phenoxy) is 2. The molecule has 0 radical (unpaired) electrons. The number of esters is 1. The van der Waals surface area contributed by atoms with Crippen LogP contribution in [-0.4, -0.2) is 12.6 Å². The molecule has 0 fully saturated rings. The van der Waals surface area contributed by atoms with Crippen LogP contribution in [0.4, 0.5) is 0 Å². The van der Waals surface area contributed by atoms with Crippen LogP contribution in [-0.2, 0) is 4.74 Å². The monoisotopic (exact) mass is 396 g/mol. The number of carbonyl (C=O) groups excluding carboxylic acids is 1. The largest absolute Gasteiger partial charge is 0.423 e. The van der Waals surface area contributed by atoms with Crippen LogP contribution in [0.25, 0.3) is 0 Å². The molecule has 0 aliphatic rings. The number of benzene rings is 2. The Labute approximate surface area is 176 Å². The van der Waals surface area contributed by atoms with Crippen LogP contribution >= 0.6 is 0 Å². The molecular formula is C26H36O3. The summed E-state index contributed by atoms with van der Waals surface area (Å²) in [5.41, 5.74) is 2.93. The van der Waals surface area contributed by atoms with E-state index in [1.807, 2.05) is 43.3 Å². The van der Waals surface area contributed by atoms with Gasteiger partial charge in [0, 0.05) is 6.61 Å². The molecule has 0 aromatic heterocycles. The number of carbonyl (C=O) groups is 1. The van der Waals surface area contributed by atoms with Crippen LogP contribution in [0.1, 0.15) is 99.7 Å². The van der Waals surface area contributed by atoms with Crippen molar-refractivity contribution in [1.29, 1.82) is 0 Å². The lowest BCUT2D eigenvalue weighted by atomic mass is 9.92. The van der Waals surface area contributed by atoms with Crippen molar-refractivity contribution in [3.8, 4) is 5.75 Å². The average molecular weight is 397 g/mol. The van der Waals surface area contributed by atoms with E-state index in [0.29, 0.717) is 17.2 Å². The third kappa shape index (κ3) is 7.32. The minimum Gasteiger partial charge on any atom is -0.423 e. The van der Waals surface area contributed by atoms with E-state index in [-0.39, 0.29) is 12.1 Å². The molecule has 0 amide bonds. The molecule has 0 heterocycles. The average Bonchev–Trinajstić information content (AvgIpc) is 2.75. The lowest BCUT2D eigenvalue weighted by molar-refractivity contribution is 0.0628. The lowest BCUT2D eigenvalue weighted by Crippen LogP contribution is -2.09. The fourth-order valence-corrected chi connectivity index (χ4v) is 3.53. The summed E-state index contributed by atoms with van der Waals surface area (Å²) in [6, 6.07) is 15.5. The van der Waals surface area contributed by atoms with Crippen LogP contribution < -0.4 is 4.74 Å². The van der Waals surface area contributed by atoms with E-state index in [1.54, 1.807) is 0 Å². The fraction of sp³-hybridized carbons (Fsp3) is 0.500. The normalized spacial score (nSPS) is 13.1. The van der Waals surface area contributed by atoms with E-state index in [1.165, 1.54) is 31.2 Å². The lowest BCUT2D eigenvalue weighted by Gasteiger charge is -2.15. The summed E-state index contributed by atoms with van der Waals surface area (Å²) in [5, 5.41) is 0. The molecule has 3 nitrogen and oxygen atoms in total. The van der Waals surface area contributed by atoms with Gasteiger partial charge in [-0.15, -0.1) is 0 Å². The summed E-state index contributed by atoms with van der Waals surface area (Å²) in [7, 11) is 0. The van der Waals surface area contributed by atoms with Crippen molar-refractivity contribution >= 4 is 5.97 Å². The minimum atomic E-state index is -0.332. The molecule has 0 N–H and O–H groups in total. The molecule has 0 saturated carbocycles. The molecule has 2 rings (SSSR count). The Balaban J connectivity index is 1.92.